The fraction of sp³-hybridized carbons (Fsp3) is 0.500. The van der Waals surface area contributed by atoms with Crippen LogP contribution in [0.25, 0.3) is 0 Å². The summed E-state index contributed by atoms with van der Waals surface area (Å²) >= 11 is 0. The Bertz CT molecular complexity index is 943. The molecule has 2 aliphatic heterocycles. The summed E-state index contributed by atoms with van der Waals surface area (Å²) in [5, 5.41) is 2.93. The van der Waals surface area contributed by atoms with Crippen molar-refractivity contribution in [2.75, 3.05) is 50.7 Å². The summed E-state index contributed by atoms with van der Waals surface area (Å²) in [6.45, 7) is 8.79. The monoisotopic (exact) mass is 436 g/mol. The summed E-state index contributed by atoms with van der Waals surface area (Å²) in [7, 11) is 0. The van der Waals surface area contributed by atoms with E-state index < -0.39 is 6.04 Å². The molecule has 2 aliphatic rings. The summed E-state index contributed by atoms with van der Waals surface area (Å²) < 4.78 is 0. The summed E-state index contributed by atoms with van der Waals surface area (Å²) in [5.41, 5.74) is 3.04. The lowest BCUT2D eigenvalue weighted by Crippen LogP contribution is -2.58. The van der Waals surface area contributed by atoms with E-state index in [0.29, 0.717) is 19.6 Å². The Hall–Kier alpha value is -3.00. The van der Waals surface area contributed by atoms with E-state index in [1.54, 1.807) is 6.20 Å². The van der Waals surface area contributed by atoms with Gasteiger partial charge in [0.2, 0.25) is 11.8 Å². The van der Waals surface area contributed by atoms with Gasteiger partial charge < -0.3 is 15.1 Å². The van der Waals surface area contributed by atoms with Gasteiger partial charge in [0, 0.05) is 52.0 Å². The van der Waals surface area contributed by atoms with Gasteiger partial charge in [-0.05, 0) is 25.8 Å². The topological polar surface area (TPSA) is 81.7 Å². The van der Waals surface area contributed by atoms with Gasteiger partial charge in [0.05, 0.1) is 23.9 Å². The van der Waals surface area contributed by atoms with E-state index in [4.69, 9.17) is 0 Å². The maximum absolute atomic E-state index is 13.1. The molecule has 1 aromatic heterocycles. The van der Waals surface area contributed by atoms with E-state index >= 15 is 0 Å². The Morgan fingerprint density at radius 2 is 1.84 bits per heavy atom. The molecule has 0 aliphatic carbocycles. The lowest BCUT2D eigenvalue weighted by atomic mass is 10.1. The number of hydrogen-bond donors (Lipinski definition) is 1. The molecular formula is C24H32N6O2. The van der Waals surface area contributed by atoms with Gasteiger partial charge in [-0.1, -0.05) is 30.3 Å². The van der Waals surface area contributed by atoms with Gasteiger partial charge >= 0.3 is 0 Å². The highest BCUT2D eigenvalue weighted by atomic mass is 16.2. The first-order valence-electron chi connectivity index (χ1n) is 11.4. The van der Waals surface area contributed by atoms with E-state index in [9.17, 15) is 9.59 Å². The second-order valence-electron chi connectivity index (χ2n) is 8.57. The first-order valence-corrected chi connectivity index (χ1v) is 11.4. The van der Waals surface area contributed by atoms with Crippen molar-refractivity contribution in [3.63, 3.8) is 0 Å². The minimum Gasteiger partial charge on any atom is -0.353 e. The molecule has 3 heterocycles. The fourth-order valence-electron chi connectivity index (χ4n) is 4.46. The van der Waals surface area contributed by atoms with Crippen molar-refractivity contribution in [2.24, 2.45) is 0 Å². The molecule has 0 spiro atoms. The van der Waals surface area contributed by atoms with Crippen molar-refractivity contribution < 1.29 is 9.59 Å². The third kappa shape index (κ3) is 5.24. The molecular weight excluding hydrogens is 404 g/mol. The van der Waals surface area contributed by atoms with Crippen LogP contribution >= 0.6 is 0 Å². The molecule has 2 amide bonds. The van der Waals surface area contributed by atoms with E-state index in [1.807, 2.05) is 36.9 Å². The summed E-state index contributed by atoms with van der Waals surface area (Å²) in [4.78, 5) is 40.9. The van der Waals surface area contributed by atoms with Crippen LogP contribution in [0, 0.1) is 13.8 Å². The minimum absolute atomic E-state index is 0.0399. The molecule has 2 aromatic rings. The molecule has 1 atom stereocenters. The van der Waals surface area contributed by atoms with Crippen molar-refractivity contribution in [1.29, 1.82) is 0 Å². The van der Waals surface area contributed by atoms with E-state index in [1.165, 1.54) is 5.56 Å². The third-order valence-corrected chi connectivity index (χ3v) is 6.32. The maximum atomic E-state index is 13.1. The number of carbonyl (C=O) groups is 2. The lowest BCUT2D eigenvalue weighted by molar-refractivity contribution is -0.139. The van der Waals surface area contributed by atoms with E-state index in [-0.39, 0.29) is 18.2 Å². The Labute approximate surface area is 189 Å². The Morgan fingerprint density at radius 3 is 2.59 bits per heavy atom. The zero-order valence-corrected chi connectivity index (χ0v) is 19.0. The van der Waals surface area contributed by atoms with Crippen molar-refractivity contribution in [1.82, 2.24) is 25.1 Å². The number of piperazine rings is 2. The predicted octanol–water partition coefficient (Wildman–Crippen LogP) is 1.18. The number of rotatable bonds is 6. The standard InChI is InChI=1S/C24H32N6O2/c1-18-17-26-19(2)23(27-18)30-14-12-29(13-15-30)22(31)16-21-24(32)25-9-11-28(21)10-8-20-6-4-3-5-7-20/h3-7,17,21H,8-16H2,1-2H3,(H,25,32)/t21-/m0/s1. The van der Waals surface area contributed by atoms with Crippen LogP contribution in [0.4, 0.5) is 5.82 Å². The van der Waals surface area contributed by atoms with Crippen molar-refractivity contribution in [3.8, 4) is 0 Å². The van der Waals surface area contributed by atoms with Gasteiger partial charge in [0.15, 0.2) is 0 Å². The molecule has 0 radical (unpaired) electrons. The zero-order chi connectivity index (χ0) is 22.5. The zero-order valence-electron chi connectivity index (χ0n) is 19.0. The Balaban J connectivity index is 1.33. The molecule has 0 saturated carbocycles. The number of anilines is 1. The molecule has 0 unspecified atom stereocenters. The molecule has 2 fully saturated rings. The van der Waals surface area contributed by atoms with Gasteiger partial charge in [-0.2, -0.15) is 0 Å². The SMILES string of the molecule is Cc1cnc(C)c(N2CCN(C(=O)C[C@H]3C(=O)NCCN3CCc3ccccc3)CC2)n1. The molecule has 8 nitrogen and oxygen atoms in total. The number of aryl methyl sites for hydroxylation is 2. The quantitative estimate of drug-likeness (QED) is 0.732. The first-order chi connectivity index (χ1) is 15.5. The highest BCUT2D eigenvalue weighted by Crippen LogP contribution is 2.19. The van der Waals surface area contributed by atoms with Crippen LogP contribution in [-0.4, -0.2) is 83.4 Å². The number of carbonyl (C=O) groups excluding carboxylic acids is 2. The van der Waals surface area contributed by atoms with Crippen LogP contribution in [0.2, 0.25) is 0 Å². The number of aromatic nitrogens is 2. The number of hydrogen-bond acceptors (Lipinski definition) is 6. The minimum atomic E-state index is -0.400. The molecule has 1 aromatic carbocycles. The molecule has 2 saturated heterocycles. The summed E-state index contributed by atoms with van der Waals surface area (Å²) in [6.07, 6.45) is 2.87. The number of benzene rings is 1. The predicted molar refractivity (Wildman–Crippen MR) is 123 cm³/mol. The second kappa shape index (κ2) is 10.1. The van der Waals surface area contributed by atoms with Gasteiger partial charge in [-0.3, -0.25) is 19.5 Å². The average molecular weight is 437 g/mol. The summed E-state index contributed by atoms with van der Waals surface area (Å²) in [6, 6.07) is 9.87. The smallest absolute Gasteiger partial charge is 0.237 e. The van der Waals surface area contributed by atoms with E-state index in [0.717, 1.165) is 49.8 Å². The van der Waals surface area contributed by atoms with Gasteiger partial charge in [-0.15, -0.1) is 0 Å². The largest absolute Gasteiger partial charge is 0.353 e. The van der Waals surface area contributed by atoms with Gasteiger partial charge in [0.1, 0.15) is 5.82 Å². The number of amides is 2. The fourth-order valence-corrected chi connectivity index (χ4v) is 4.46. The molecule has 8 heteroatoms. The van der Waals surface area contributed by atoms with Crippen LogP contribution in [0.1, 0.15) is 23.4 Å². The lowest BCUT2D eigenvalue weighted by Gasteiger charge is -2.38. The third-order valence-electron chi connectivity index (χ3n) is 6.32. The van der Waals surface area contributed by atoms with Crippen molar-refractivity contribution >= 4 is 17.6 Å². The van der Waals surface area contributed by atoms with Gasteiger partial charge in [0.25, 0.3) is 0 Å². The molecule has 32 heavy (non-hydrogen) atoms. The van der Waals surface area contributed by atoms with Crippen molar-refractivity contribution in [2.45, 2.75) is 32.7 Å². The highest BCUT2D eigenvalue weighted by Gasteiger charge is 2.33. The number of nitrogens with one attached hydrogen (secondary N) is 1. The van der Waals surface area contributed by atoms with Crippen LogP contribution in [0.15, 0.2) is 36.5 Å². The second-order valence-corrected chi connectivity index (χ2v) is 8.57. The molecule has 170 valence electrons. The summed E-state index contributed by atoms with van der Waals surface area (Å²) in [5.74, 6) is 0.904. The number of nitrogens with zero attached hydrogens (tertiary/aromatic N) is 5. The van der Waals surface area contributed by atoms with Crippen LogP contribution in [0.5, 0.6) is 0 Å². The van der Waals surface area contributed by atoms with Gasteiger partial charge in [-0.25, -0.2) is 4.98 Å². The van der Waals surface area contributed by atoms with E-state index in [2.05, 4.69) is 37.2 Å². The average Bonchev–Trinajstić information content (AvgIpc) is 2.82. The van der Waals surface area contributed by atoms with Crippen LogP contribution < -0.4 is 10.2 Å². The highest BCUT2D eigenvalue weighted by molar-refractivity contribution is 5.89. The molecule has 0 bridgehead atoms. The molecule has 4 rings (SSSR count). The van der Waals surface area contributed by atoms with Crippen LogP contribution in [-0.2, 0) is 16.0 Å². The Morgan fingerprint density at radius 1 is 1.09 bits per heavy atom. The maximum Gasteiger partial charge on any atom is 0.237 e. The molecule has 1 N–H and O–H groups in total. The van der Waals surface area contributed by atoms with Crippen LogP contribution in [0.3, 0.4) is 0 Å². The normalized spacial score (nSPS) is 19.7. The van der Waals surface area contributed by atoms with Crippen molar-refractivity contribution in [3.05, 3.63) is 53.5 Å². The first kappa shape index (κ1) is 22.2. The Kier molecular flexibility index (Phi) is 6.99.